The van der Waals surface area contributed by atoms with Crippen LogP contribution in [-0.4, -0.2) is 17.9 Å². The average molecular weight is 207 g/mol. The second-order valence-electron chi connectivity index (χ2n) is 4.56. The minimum absolute atomic E-state index is 0.0341. The first-order chi connectivity index (χ1) is 6.86. The molecule has 1 aromatic rings. The third-order valence-electron chi connectivity index (χ3n) is 2.22. The van der Waals surface area contributed by atoms with Gasteiger partial charge in [0, 0.05) is 12.5 Å². The minimum Gasteiger partial charge on any atom is -0.481 e. The van der Waals surface area contributed by atoms with Crippen molar-refractivity contribution in [2.24, 2.45) is 0 Å². The Morgan fingerprint density at radius 1 is 1.33 bits per heavy atom. The van der Waals surface area contributed by atoms with E-state index in [1.54, 1.807) is 13.2 Å². The van der Waals surface area contributed by atoms with Crippen molar-refractivity contribution in [3.63, 3.8) is 0 Å². The highest BCUT2D eigenvalue weighted by Gasteiger charge is 2.20. The second-order valence-corrected chi connectivity index (χ2v) is 4.56. The number of aromatic nitrogens is 1. The summed E-state index contributed by atoms with van der Waals surface area (Å²) in [4.78, 5) is 15.3. The fourth-order valence-corrected chi connectivity index (χ4v) is 1.36. The first-order valence-corrected chi connectivity index (χ1v) is 4.92. The molecule has 0 aliphatic rings. The lowest BCUT2D eigenvalue weighted by atomic mass is 9.87. The van der Waals surface area contributed by atoms with Crippen LogP contribution in [0.4, 0.5) is 0 Å². The molecule has 0 bridgehead atoms. The Hall–Kier alpha value is -1.38. The van der Waals surface area contributed by atoms with Crippen molar-refractivity contribution in [3.05, 3.63) is 23.4 Å². The van der Waals surface area contributed by atoms with E-state index in [4.69, 9.17) is 4.74 Å². The second kappa shape index (κ2) is 4.01. The molecule has 1 aromatic heterocycles. The van der Waals surface area contributed by atoms with Crippen molar-refractivity contribution in [2.75, 3.05) is 7.11 Å². The zero-order chi connectivity index (χ0) is 11.6. The van der Waals surface area contributed by atoms with Gasteiger partial charge < -0.3 is 4.74 Å². The van der Waals surface area contributed by atoms with Crippen molar-refractivity contribution in [1.29, 1.82) is 0 Å². The number of rotatable bonds is 2. The van der Waals surface area contributed by atoms with E-state index < -0.39 is 0 Å². The maximum atomic E-state index is 11.2. The van der Waals surface area contributed by atoms with E-state index in [0.29, 0.717) is 11.6 Å². The number of ketones is 1. The topological polar surface area (TPSA) is 39.2 Å². The number of pyridine rings is 1. The zero-order valence-corrected chi connectivity index (χ0v) is 9.92. The molecule has 0 fully saturated rings. The van der Waals surface area contributed by atoms with E-state index in [0.717, 1.165) is 5.56 Å². The molecule has 0 atom stereocenters. The lowest BCUT2D eigenvalue weighted by Gasteiger charge is -2.21. The Morgan fingerprint density at radius 3 is 2.33 bits per heavy atom. The molecule has 82 valence electrons. The molecular formula is C12H17NO2. The van der Waals surface area contributed by atoms with Crippen molar-refractivity contribution in [3.8, 4) is 5.88 Å². The molecule has 3 nitrogen and oxygen atoms in total. The molecule has 1 rings (SSSR count). The molecule has 1 heterocycles. The number of carbonyl (C=O) groups excluding carboxylic acids is 1. The summed E-state index contributed by atoms with van der Waals surface area (Å²) in [6.45, 7) is 7.75. The van der Waals surface area contributed by atoms with Crippen LogP contribution in [0.5, 0.6) is 5.88 Å². The van der Waals surface area contributed by atoms with Gasteiger partial charge in [-0.2, -0.15) is 0 Å². The number of nitrogens with zero attached hydrogens (tertiary/aromatic N) is 1. The largest absolute Gasteiger partial charge is 0.481 e. The molecule has 0 N–H and O–H groups in total. The van der Waals surface area contributed by atoms with Gasteiger partial charge in [-0.3, -0.25) is 4.79 Å². The van der Waals surface area contributed by atoms with E-state index in [-0.39, 0.29) is 11.2 Å². The smallest absolute Gasteiger partial charge is 0.217 e. The molecule has 3 heteroatoms. The molecule has 0 saturated heterocycles. The summed E-state index contributed by atoms with van der Waals surface area (Å²) in [6.07, 6.45) is 0. The molecule has 0 aliphatic heterocycles. The van der Waals surface area contributed by atoms with Gasteiger partial charge in [-0.15, -0.1) is 0 Å². The maximum absolute atomic E-state index is 11.2. The summed E-state index contributed by atoms with van der Waals surface area (Å²) < 4.78 is 5.20. The standard InChI is InChI=1S/C12H17NO2/c1-8(14)10-7-6-9(12(2,3)4)11(13-10)15-5/h6-7H,1-5H3. The summed E-state index contributed by atoms with van der Waals surface area (Å²) in [7, 11) is 1.57. The Morgan fingerprint density at radius 2 is 1.93 bits per heavy atom. The first-order valence-electron chi connectivity index (χ1n) is 4.92. The van der Waals surface area contributed by atoms with Crippen molar-refractivity contribution in [2.45, 2.75) is 33.1 Å². The van der Waals surface area contributed by atoms with E-state index in [1.807, 2.05) is 6.07 Å². The summed E-state index contributed by atoms with van der Waals surface area (Å²) >= 11 is 0. The molecule has 0 aromatic carbocycles. The highest BCUT2D eigenvalue weighted by molar-refractivity contribution is 5.92. The van der Waals surface area contributed by atoms with Crippen LogP contribution in [0.15, 0.2) is 12.1 Å². The molecule has 15 heavy (non-hydrogen) atoms. The van der Waals surface area contributed by atoms with Gasteiger partial charge >= 0.3 is 0 Å². The normalized spacial score (nSPS) is 11.3. The monoisotopic (exact) mass is 207 g/mol. The van der Waals surface area contributed by atoms with Crippen LogP contribution in [0.2, 0.25) is 0 Å². The van der Waals surface area contributed by atoms with Crippen LogP contribution in [0.25, 0.3) is 0 Å². The number of carbonyl (C=O) groups is 1. The Labute approximate surface area is 90.5 Å². The van der Waals surface area contributed by atoms with Gasteiger partial charge in [0.05, 0.1) is 7.11 Å². The van der Waals surface area contributed by atoms with Crippen LogP contribution in [-0.2, 0) is 5.41 Å². The SMILES string of the molecule is COc1nc(C(C)=O)ccc1C(C)(C)C. The number of hydrogen-bond donors (Lipinski definition) is 0. The zero-order valence-electron chi connectivity index (χ0n) is 9.92. The summed E-state index contributed by atoms with van der Waals surface area (Å²) in [5.74, 6) is 0.490. The Balaban J connectivity index is 3.27. The molecular weight excluding hydrogens is 190 g/mol. The Bertz CT molecular complexity index is 378. The van der Waals surface area contributed by atoms with Gasteiger partial charge in [-0.25, -0.2) is 4.98 Å². The van der Waals surface area contributed by atoms with Crippen molar-refractivity contribution >= 4 is 5.78 Å². The van der Waals surface area contributed by atoms with Gasteiger partial charge in [0.25, 0.3) is 0 Å². The van der Waals surface area contributed by atoms with E-state index in [1.165, 1.54) is 6.92 Å². The molecule has 0 aliphatic carbocycles. The molecule has 0 unspecified atom stereocenters. The summed E-state index contributed by atoms with van der Waals surface area (Å²) in [6, 6.07) is 3.65. The predicted octanol–water partition coefficient (Wildman–Crippen LogP) is 2.59. The first kappa shape index (κ1) is 11.7. The number of Topliss-reactive ketones (excluding diaryl/α,β-unsaturated/α-hetero) is 1. The molecule has 0 amide bonds. The van der Waals surface area contributed by atoms with Gasteiger partial charge in [0.15, 0.2) is 5.78 Å². The van der Waals surface area contributed by atoms with Gasteiger partial charge in [0.1, 0.15) is 5.69 Å². The van der Waals surface area contributed by atoms with E-state index in [9.17, 15) is 4.79 Å². The molecule has 0 saturated carbocycles. The number of ether oxygens (including phenoxy) is 1. The highest BCUT2D eigenvalue weighted by atomic mass is 16.5. The maximum Gasteiger partial charge on any atom is 0.217 e. The van der Waals surface area contributed by atoms with Gasteiger partial charge in [-0.05, 0) is 11.5 Å². The fraction of sp³-hybridized carbons (Fsp3) is 0.500. The van der Waals surface area contributed by atoms with Crippen LogP contribution < -0.4 is 4.74 Å². The third-order valence-corrected chi connectivity index (χ3v) is 2.22. The predicted molar refractivity (Wildman–Crippen MR) is 59.5 cm³/mol. The van der Waals surface area contributed by atoms with E-state index in [2.05, 4.69) is 25.8 Å². The number of hydrogen-bond acceptors (Lipinski definition) is 3. The van der Waals surface area contributed by atoms with E-state index >= 15 is 0 Å². The summed E-state index contributed by atoms with van der Waals surface area (Å²) in [5.41, 5.74) is 1.42. The average Bonchev–Trinajstić information content (AvgIpc) is 2.15. The lowest BCUT2D eigenvalue weighted by Crippen LogP contribution is -2.14. The number of methoxy groups -OCH3 is 1. The quantitative estimate of drug-likeness (QED) is 0.700. The molecule has 0 spiro atoms. The van der Waals surface area contributed by atoms with Crippen LogP contribution in [0.3, 0.4) is 0 Å². The van der Waals surface area contributed by atoms with Crippen LogP contribution in [0.1, 0.15) is 43.7 Å². The van der Waals surface area contributed by atoms with Gasteiger partial charge in [-0.1, -0.05) is 26.8 Å². The Kier molecular flexibility index (Phi) is 3.12. The summed E-state index contributed by atoms with van der Waals surface area (Å²) in [5, 5.41) is 0. The molecule has 0 radical (unpaired) electrons. The van der Waals surface area contributed by atoms with Crippen molar-refractivity contribution in [1.82, 2.24) is 4.98 Å². The van der Waals surface area contributed by atoms with Crippen molar-refractivity contribution < 1.29 is 9.53 Å². The lowest BCUT2D eigenvalue weighted by molar-refractivity contribution is 0.101. The third kappa shape index (κ3) is 2.55. The van der Waals surface area contributed by atoms with Gasteiger partial charge in [0.2, 0.25) is 5.88 Å². The minimum atomic E-state index is -0.0474. The highest BCUT2D eigenvalue weighted by Crippen LogP contribution is 2.29. The fourth-order valence-electron chi connectivity index (χ4n) is 1.36. The van der Waals surface area contributed by atoms with Crippen LogP contribution in [0, 0.1) is 0 Å². The van der Waals surface area contributed by atoms with Crippen LogP contribution >= 0.6 is 0 Å².